The van der Waals surface area contributed by atoms with Crippen LogP contribution in [0.4, 0.5) is 0 Å². The Hall–Kier alpha value is -4.26. The second-order valence-electron chi connectivity index (χ2n) is 6.93. The summed E-state index contributed by atoms with van der Waals surface area (Å²) >= 11 is 0. The van der Waals surface area contributed by atoms with Gasteiger partial charge >= 0.3 is 5.97 Å². The van der Waals surface area contributed by atoms with Crippen molar-refractivity contribution < 1.29 is 28.2 Å². The average Bonchev–Trinajstić information content (AvgIpc) is 2.81. The summed E-state index contributed by atoms with van der Waals surface area (Å²) in [5.74, 6) is 0.758. The van der Waals surface area contributed by atoms with Gasteiger partial charge in [-0.3, -0.25) is 4.79 Å². The molecular formula is C25H20O7. The van der Waals surface area contributed by atoms with Gasteiger partial charge in [0.05, 0.1) is 19.6 Å². The minimum atomic E-state index is -0.666. The van der Waals surface area contributed by atoms with E-state index < -0.39 is 5.97 Å². The van der Waals surface area contributed by atoms with Crippen molar-refractivity contribution in [2.75, 3.05) is 14.2 Å². The second kappa shape index (κ2) is 8.85. The summed E-state index contributed by atoms with van der Waals surface area (Å²) in [6, 6.07) is 16.8. The summed E-state index contributed by atoms with van der Waals surface area (Å²) in [6.45, 7) is 1.96. The van der Waals surface area contributed by atoms with Crippen LogP contribution in [0.25, 0.3) is 11.0 Å². The Balaban J connectivity index is 1.62. The van der Waals surface area contributed by atoms with Gasteiger partial charge in [-0.15, -0.1) is 0 Å². The van der Waals surface area contributed by atoms with Crippen molar-refractivity contribution in [2.24, 2.45) is 0 Å². The van der Waals surface area contributed by atoms with E-state index in [4.69, 9.17) is 23.4 Å². The van der Waals surface area contributed by atoms with Crippen molar-refractivity contribution in [1.82, 2.24) is 0 Å². The maximum Gasteiger partial charge on any atom is 0.351 e. The number of esters is 1. The molecule has 7 heteroatoms. The molecule has 0 saturated heterocycles. The molecule has 162 valence electrons. The normalized spacial score (nSPS) is 10.6. The molecule has 0 saturated carbocycles. The Kier molecular flexibility index (Phi) is 5.81. The number of fused-ring (bicyclic) bond motifs is 1. The molecule has 0 atom stereocenters. The van der Waals surface area contributed by atoms with Crippen LogP contribution in [0.5, 0.6) is 28.7 Å². The van der Waals surface area contributed by atoms with Crippen LogP contribution in [0.15, 0.2) is 76.1 Å². The van der Waals surface area contributed by atoms with Crippen LogP contribution in [0.3, 0.4) is 0 Å². The van der Waals surface area contributed by atoms with Crippen molar-refractivity contribution in [2.45, 2.75) is 6.92 Å². The van der Waals surface area contributed by atoms with Crippen LogP contribution in [-0.4, -0.2) is 20.2 Å². The number of hydrogen-bond donors (Lipinski definition) is 0. The lowest BCUT2D eigenvalue weighted by atomic mass is 10.1. The summed E-state index contributed by atoms with van der Waals surface area (Å²) in [5, 5.41) is 0.296. The predicted octanol–water partition coefficient (Wildman–Crippen LogP) is 5.13. The van der Waals surface area contributed by atoms with Crippen LogP contribution >= 0.6 is 0 Å². The molecule has 0 N–H and O–H groups in total. The zero-order valence-electron chi connectivity index (χ0n) is 17.7. The zero-order valence-corrected chi connectivity index (χ0v) is 17.7. The van der Waals surface area contributed by atoms with E-state index in [1.807, 2.05) is 19.1 Å². The first kappa shape index (κ1) is 21.0. The van der Waals surface area contributed by atoms with Crippen molar-refractivity contribution in [3.8, 4) is 28.7 Å². The average molecular weight is 432 g/mol. The first-order valence-corrected chi connectivity index (χ1v) is 9.73. The molecule has 3 aromatic carbocycles. The van der Waals surface area contributed by atoms with Gasteiger partial charge in [-0.25, -0.2) is 4.79 Å². The fraction of sp³-hybridized carbons (Fsp3) is 0.120. The molecule has 1 heterocycles. The predicted molar refractivity (Wildman–Crippen MR) is 118 cm³/mol. The lowest BCUT2D eigenvalue weighted by molar-refractivity contribution is 0.0727. The third kappa shape index (κ3) is 4.13. The largest absolute Gasteiger partial charge is 0.496 e. The molecule has 0 aliphatic rings. The maximum absolute atomic E-state index is 12.8. The molecule has 1 aromatic heterocycles. The van der Waals surface area contributed by atoms with Crippen LogP contribution in [-0.2, 0) is 0 Å². The standard InChI is InChI=1S/C25H20O7/c1-15-7-9-16(10-8-15)31-22-14-30-21-13-17(11-12-18(21)24(22)26)32-25(27)23-19(28-2)5-4-6-20(23)29-3/h4-14H,1-3H3. The van der Waals surface area contributed by atoms with Crippen molar-refractivity contribution >= 4 is 16.9 Å². The van der Waals surface area contributed by atoms with Gasteiger partial charge in [0.25, 0.3) is 0 Å². The SMILES string of the molecule is COc1cccc(OC)c1C(=O)Oc1ccc2c(=O)c(Oc3ccc(C)cc3)coc2c1. The fourth-order valence-electron chi connectivity index (χ4n) is 3.17. The van der Waals surface area contributed by atoms with Crippen LogP contribution in [0.2, 0.25) is 0 Å². The lowest BCUT2D eigenvalue weighted by Gasteiger charge is -2.12. The molecule has 4 aromatic rings. The number of aryl methyl sites for hydroxylation is 1. The van der Waals surface area contributed by atoms with E-state index in [0.717, 1.165) is 5.56 Å². The zero-order chi connectivity index (χ0) is 22.7. The molecule has 0 unspecified atom stereocenters. The second-order valence-corrected chi connectivity index (χ2v) is 6.93. The molecule has 0 spiro atoms. The highest BCUT2D eigenvalue weighted by molar-refractivity contribution is 5.97. The molecule has 7 nitrogen and oxygen atoms in total. The number of ether oxygens (including phenoxy) is 4. The molecule has 0 aliphatic carbocycles. The Morgan fingerprint density at radius 2 is 1.50 bits per heavy atom. The molecule has 4 rings (SSSR count). The topological polar surface area (TPSA) is 84.2 Å². The molecule has 32 heavy (non-hydrogen) atoms. The minimum Gasteiger partial charge on any atom is -0.496 e. The van der Waals surface area contributed by atoms with Gasteiger partial charge in [-0.05, 0) is 43.3 Å². The van der Waals surface area contributed by atoms with Crippen LogP contribution in [0, 0.1) is 6.92 Å². The highest BCUT2D eigenvalue weighted by atomic mass is 16.5. The van der Waals surface area contributed by atoms with Gasteiger partial charge in [-0.2, -0.15) is 0 Å². The highest BCUT2D eigenvalue weighted by Gasteiger charge is 2.21. The van der Waals surface area contributed by atoms with E-state index in [2.05, 4.69) is 0 Å². The smallest absolute Gasteiger partial charge is 0.351 e. The van der Waals surface area contributed by atoms with Crippen LogP contribution in [0.1, 0.15) is 15.9 Å². The van der Waals surface area contributed by atoms with Crippen molar-refractivity contribution in [1.29, 1.82) is 0 Å². The Bertz CT molecular complexity index is 1310. The Labute approximate surface area is 183 Å². The van der Waals surface area contributed by atoms with E-state index in [9.17, 15) is 9.59 Å². The molecule has 0 amide bonds. The van der Waals surface area contributed by atoms with E-state index in [1.165, 1.54) is 38.7 Å². The fourth-order valence-corrected chi connectivity index (χ4v) is 3.17. The first-order chi connectivity index (χ1) is 15.5. The number of carbonyl (C=O) groups excluding carboxylic acids is 1. The van der Waals surface area contributed by atoms with E-state index >= 15 is 0 Å². The summed E-state index contributed by atoms with van der Waals surface area (Å²) in [4.78, 5) is 25.6. The number of rotatable bonds is 6. The van der Waals surface area contributed by atoms with Gasteiger partial charge in [0.15, 0.2) is 0 Å². The Morgan fingerprint density at radius 1 is 0.844 bits per heavy atom. The minimum absolute atomic E-state index is 0.0601. The monoisotopic (exact) mass is 432 g/mol. The van der Waals surface area contributed by atoms with E-state index in [0.29, 0.717) is 22.6 Å². The number of hydrogen-bond acceptors (Lipinski definition) is 7. The summed E-state index contributed by atoms with van der Waals surface area (Å²) in [7, 11) is 2.90. The highest BCUT2D eigenvalue weighted by Crippen LogP contribution is 2.30. The van der Waals surface area contributed by atoms with Gasteiger partial charge in [0.1, 0.15) is 40.4 Å². The third-order valence-corrected chi connectivity index (χ3v) is 4.81. The Morgan fingerprint density at radius 3 is 2.16 bits per heavy atom. The molecular weight excluding hydrogens is 412 g/mol. The first-order valence-electron chi connectivity index (χ1n) is 9.73. The van der Waals surface area contributed by atoms with E-state index in [1.54, 1.807) is 30.3 Å². The van der Waals surface area contributed by atoms with E-state index in [-0.39, 0.29) is 28.1 Å². The number of benzene rings is 3. The van der Waals surface area contributed by atoms with Gasteiger partial charge in [0.2, 0.25) is 11.2 Å². The van der Waals surface area contributed by atoms with Gasteiger partial charge in [0, 0.05) is 6.07 Å². The summed E-state index contributed by atoms with van der Waals surface area (Å²) in [5.41, 5.74) is 1.15. The lowest BCUT2D eigenvalue weighted by Crippen LogP contribution is -2.12. The van der Waals surface area contributed by atoms with Crippen molar-refractivity contribution in [3.63, 3.8) is 0 Å². The summed E-state index contributed by atoms with van der Waals surface area (Å²) < 4.78 is 27.2. The maximum atomic E-state index is 12.8. The van der Waals surface area contributed by atoms with Crippen molar-refractivity contribution in [3.05, 3.63) is 88.3 Å². The summed E-state index contributed by atoms with van der Waals surface area (Å²) in [6.07, 6.45) is 1.24. The molecule has 0 fully saturated rings. The molecule has 0 aliphatic heterocycles. The third-order valence-electron chi connectivity index (χ3n) is 4.81. The molecule has 0 radical (unpaired) electrons. The van der Waals surface area contributed by atoms with Gasteiger partial charge < -0.3 is 23.4 Å². The van der Waals surface area contributed by atoms with Gasteiger partial charge in [-0.1, -0.05) is 23.8 Å². The number of methoxy groups -OCH3 is 2. The number of carbonyl (C=O) groups is 1. The molecule has 0 bridgehead atoms. The van der Waals surface area contributed by atoms with Crippen LogP contribution < -0.4 is 24.4 Å². The quantitative estimate of drug-likeness (QED) is 0.308.